The van der Waals surface area contributed by atoms with Gasteiger partial charge in [0.15, 0.2) is 11.8 Å². The number of rotatable bonds is 6. The monoisotopic (exact) mass is 347 g/mol. The van der Waals surface area contributed by atoms with Crippen LogP contribution in [0.2, 0.25) is 0 Å². The predicted octanol–water partition coefficient (Wildman–Crippen LogP) is 2.49. The largest absolute Gasteiger partial charge is 0.373 e. The van der Waals surface area contributed by atoms with Crippen LogP contribution in [0.1, 0.15) is 75.9 Å². The first-order valence-corrected chi connectivity index (χ1v) is 9.71. The molecule has 0 amide bonds. The van der Waals surface area contributed by atoms with Crippen LogP contribution in [0.4, 0.5) is 0 Å². The van der Waals surface area contributed by atoms with Crippen LogP contribution >= 0.6 is 0 Å². The number of hydrogen-bond acceptors (Lipinski definition) is 5. The molecule has 1 unspecified atom stereocenters. The van der Waals surface area contributed by atoms with Gasteiger partial charge in [-0.3, -0.25) is 0 Å². The Kier molecular flexibility index (Phi) is 4.92. The molecule has 1 aromatic heterocycles. The fraction of sp³-hybridized carbons (Fsp3) is 0.833. The minimum absolute atomic E-state index is 0.0955. The van der Waals surface area contributed by atoms with Crippen molar-refractivity contribution < 1.29 is 9.26 Å². The molecule has 1 saturated heterocycles. The summed E-state index contributed by atoms with van der Waals surface area (Å²) in [6.07, 6.45) is 9.58. The second-order valence-corrected chi connectivity index (χ2v) is 7.87. The van der Waals surface area contributed by atoms with E-state index in [1.54, 1.807) is 0 Å². The summed E-state index contributed by atoms with van der Waals surface area (Å²) in [5.74, 6) is 2.78. The molecule has 7 nitrogen and oxygen atoms in total. The molecule has 3 fully saturated rings. The van der Waals surface area contributed by atoms with E-state index in [4.69, 9.17) is 9.26 Å². The molecule has 138 valence electrons. The van der Waals surface area contributed by atoms with Crippen LogP contribution in [0.5, 0.6) is 0 Å². The molecule has 1 aliphatic heterocycles. The minimum Gasteiger partial charge on any atom is -0.373 e. The summed E-state index contributed by atoms with van der Waals surface area (Å²) < 4.78 is 11.2. The topological polar surface area (TPSA) is 84.6 Å². The van der Waals surface area contributed by atoms with Crippen molar-refractivity contribution in [3.63, 3.8) is 0 Å². The smallest absolute Gasteiger partial charge is 0.248 e. The van der Waals surface area contributed by atoms with E-state index in [-0.39, 0.29) is 5.60 Å². The van der Waals surface area contributed by atoms with Gasteiger partial charge in [0.05, 0.1) is 5.60 Å². The fourth-order valence-corrected chi connectivity index (χ4v) is 3.65. The van der Waals surface area contributed by atoms with E-state index in [0.29, 0.717) is 24.4 Å². The van der Waals surface area contributed by atoms with E-state index in [9.17, 15) is 0 Å². The Bertz CT molecular complexity index is 598. The second kappa shape index (κ2) is 7.32. The molecule has 2 heterocycles. The first kappa shape index (κ1) is 16.8. The summed E-state index contributed by atoms with van der Waals surface area (Å²) in [4.78, 5) is 9.15. The number of nitrogens with zero attached hydrogens (tertiary/aromatic N) is 3. The van der Waals surface area contributed by atoms with Crippen LogP contribution in [-0.4, -0.2) is 40.9 Å². The van der Waals surface area contributed by atoms with Crippen molar-refractivity contribution in [3.8, 4) is 0 Å². The lowest BCUT2D eigenvalue weighted by atomic mass is 10.0. The number of ether oxygens (including phenoxy) is 1. The minimum atomic E-state index is -0.0955. The summed E-state index contributed by atoms with van der Waals surface area (Å²) in [7, 11) is 0. The molecule has 0 spiro atoms. The molecule has 0 aromatic carbocycles. The lowest BCUT2D eigenvalue weighted by Crippen LogP contribution is -2.48. The van der Waals surface area contributed by atoms with Crippen LogP contribution in [0, 0.1) is 0 Å². The highest BCUT2D eigenvalue weighted by molar-refractivity contribution is 5.80. The highest BCUT2D eigenvalue weighted by Gasteiger charge is 2.30. The third kappa shape index (κ3) is 4.51. The zero-order chi connectivity index (χ0) is 17.1. The van der Waals surface area contributed by atoms with Gasteiger partial charge >= 0.3 is 0 Å². The Balaban J connectivity index is 1.37. The summed E-state index contributed by atoms with van der Waals surface area (Å²) in [5, 5.41) is 11.1. The molecule has 7 heteroatoms. The molecule has 1 aromatic rings. The summed E-state index contributed by atoms with van der Waals surface area (Å²) in [6.45, 7) is 4.20. The van der Waals surface area contributed by atoms with E-state index in [1.165, 1.54) is 38.5 Å². The molecule has 2 saturated carbocycles. The van der Waals surface area contributed by atoms with Gasteiger partial charge in [0.25, 0.3) is 0 Å². The standard InChI is InChI=1S/C18H29N5O2/c1-18(9-4-10-24-18)12-20-17(21-14-5-2-3-6-14)19-11-15-22-16(23-25-15)13-7-8-13/h13-14H,2-12H2,1H3,(H2,19,20,21). The molecule has 1 atom stereocenters. The second-order valence-electron chi connectivity index (χ2n) is 7.87. The van der Waals surface area contributed by atoms with Crippen LogP contribution in [0.3, 0.4) is 0 Å². The van der Waals surface area contributed by atoms with Gasteiger partial charge in [-0.05, 0) is 45.4 Å². The molecule has 3 aliphatic rings. The van der Waals surface area contributed by atoms with E-state index in [2.05, 4.69) is 32.7 Å². The SMILES string of the molecule is CC1(CNC(=NCc2nc(C3CC3)no2)NC2CCCC2)CCCO1. The average Bonchev–Trinajstić information content (AvgIpc) is 3.02. The normalized spacial score (nSPS) is 27.8. The van der Waals surface area contributed by atoms with Crippen molar-refractivity contribution in [2.24, 2.45) is 4.99 Å². The molecule has 4 rings (SSSR count). The molecule has 2 N–H and O–H groups in total. The van der Waals surface area contributed by atoms with Gasteiger partial charge in [-0.15, -0.1) is 0 Å². The fourth-order valence-electron chi connectivity index (χ4n) is 3.65. The van der Waals surface area contributed by atoms with Crippen molar-refractivity contribution in [2.75, 3.05) is 13.2 Å². The van der Waals surface area contributed by atoms with Gasteiger partial charge in [0.2, 0.25) is 5.89 Å². The first-order valence-electron chi connectivity index (χ1n) is 9.71. The maximum atomic E-state index is 5.87. The Morgan fingerprint density at radius 1 is 1.24 bits per heavy atom. The third-order valence-electron chi connectivity index (χ3n) is 5.42. The maximum absolute atomic E-state index is 5.87. The Morgan fingerprint density at radius 2 is 2.08 bits per heavy atom. The number of aromatic nitrogens is 2. The van der Waals surface area contributed by atoms with Gasteiger partial charge in [-0.1, -0.05) is 18.0 Å². The number of nitrogens with one attached hydrogen (secondary N) is 2. The van der Waals surface area contributed by atoms with E-state index in [1.807, 2.05) is 0 Å². The highest BCUT2D eigenvalue weighted by atomic mass is 16.5. The Morgan fingerprint density at radius 3 is 2.80 bits per heavy atom. The van der Waals surface area contributed by atoms with E-state index < -0.39 is 0 Å². The third-order valence-corrected chi connectivity index (χ3v) is 5.42. The quantitative estimate of drug-likeness (QED) is 0.607. The van der Waals surface area contributed by atoms with Gasteiger partial charge in [0, 0.05) is 25.1 Å². The summed E-state index contributed by atoms with van der Waals surface area (Å²) in [5.41, 5.74) is -0.0955. The van der Waals surface area contributed by atoms with Crippen molar-refractivity contribution >= 4 is 5.96 Å². The van der Waals surface area contributed by atoms with Crippen molar-refractivity contribution in [1.82, 2.24) is 20.8 Å². The number of hydrogen-bond donors (Lipinski definition) is 2. The zero-order valence-electron chi connectivity index (χ0n) is 15.1. The molecule has 0 radical (unpaired) electrons. The zero-order valence-corrected chi connectivity index (χ0v) is 15.1. The first-order chi connectivity index (χ1) is 12.2. The van der Waals surface area contributed by atoms with Gasteiger partial charge in [0.1, 0.15) is 6.54 Å². The Labute approximate surface area is 149 Å². The van der Waals surface area contributed by atoms with Gasteiger partial charge in [-0.25, -0.2) is 4.99 Å². The van der Waals surface area contributed by atoms with Crippen molar-refractivity contribution in [2.45, 2.75) is 82.4 Å². The lowest BCUT2D eigenvalue weighted by molar-refractivity contribution is 0.0242. The molecular formula is C18H29N5O2. The maximum Gasteiger partial charge on any atom is 0.248 e. The molecular weight excluding hydrogens is 318 g/mol. The molecule has 25 heavy (non-hydrogen) atoms. The average molecular weight is 347 g/mol. The summed E-state index contributed by atoms with van der Waals surface area (Å²) in [6, 6.07) is 0.508. The Hall–Kier alpha value is -1.63. The van der Waals surface area contributed by atoms with Crippen LogP contribution in [0.25, 0.3) is 0 Å². The van der Waals surface area contributed by atoms with E-state index in [0.717, 1.165) is 37.8 Å². The molecule has 2 aliphatic carbocycles. The van der Waals surface area contributed by atoms with E-state index >= 15 is 0 Å². The number of aliphatic imine (C=N–C) groups is 1. The lowest BCUT2D eigenvalue weighted by Gasteiger charge is -2.26. The van der Waals surface area contributed by atoms with Crippen LogP contribution in [-0.2, 0) is 11.3 Å². The molecule has 0 bridgehead atoms. The number of guanidine groups is 1. The van der Waals surface area contributed by atoms with Crippen molar-refractivity contribution in [1.29, 1.82) is 0 Å². The van der Waals surface area contributed by atoms with Gasteiger partial charge in [-0.2, -0.15) is 4.98 Å². The van der Waals surface area contributed by atoms with Gasteiger partial charge < -0.3 is 19.9 Å². The summed E-state index contributed by atoms with van der Waals surface area (Å²) >= 11 is 0. The van der Waals surface area contributed by atoms with Crippen LogP contribution < -0.4 is 10.6 Å². The highest BCUT2D eigenvalue weighted by Crippen LogP contribution is 2.38. The van der Waals surface area contributed by atoms with Crippen LogP contribution in [0.15, 0.2) is 9.52 Å². The predicted molar refractivity (Wildman–Crippen MR) is 94.4 cm³/mol. The van der Waals surface area contributed by atoms with Crippen molar-refractivity contribution in [3.05, 3.63) is 11.7 Å².